The van der Waals surface area contributed by atoms with Crippen molar-refractivity contribution in [3.05, 3.63) is 29.6 Å². The van der Waals surface area contributed by atoms with E-state index in [1.165, 1.54) is 0 Å². The number of hydrogen-bond donors (Lipinski definition) is 1. The number of hydrogen-bond acceptors (Lipinski definition) is 3. The summed E-state index contributed by atoms with van der Waals surface area (Å²) in [6.45, 7) is 5.27. The second kappa shape index (κ2) is 7.48. The van der Waals surface area contributed by atoms with Crippen LogP contribution in [0.3, 0.4) is 0 Å². The van der Waals surface area contributed by atoms with Crippen LogP contribution in [-0.4, -0.2) is 42.0 Å². The van der Waals surface area contributed by atoms with Crippen LogP contribution >= 0.6 is 24.8 Å². The van der Waals surface area contributed by atoms with E-state index in [4.69, 9.17) is 0 Å². The molecule has 1 amide bonds. The average Bonchev–Trinajstić information content (AvgIpc) is 2.30. The average molecular weight is 278 g/mol. The molecule has 0 unspecified atom stereocenters. The van der Waals surface area contributed by atoms with E-state index in [0.717, 1.165) is 37.3 Å². The van der Waals surface area contributed by atoms with E-state index in [0.29, 0.717) is 0 Å². The van der Waals surface area contributed by atoms with Gasteiger partial charge in [0.2, 0.25) is 0 Å². The molecule has 17 heavy (non-hydrogen) atoms. The van der Waals surface area contributed by atoms with Gasteiger partial charge in [0, 0.05) is 38.6 Å². The molecule has 1 aromatic heterocycles. The molecule has 1 fully saturated rings. The lowest BCUT2D eigenvalue weighted by molar-refractivity contribution is 0.0734. The Morgan fingerprint density at radius 2 is 2.00 bits per heavy atom. The smallest absolute Gasteiger partial charge is 0.255 e. The summed E-state index contributed by atoms with van der Waals surface area (Å²) >= 11 is 0. The van der Waals surface area contributed by atoms with Crippen LogP contribution in [0.2, 0.25) is 0 Å². The molecule has 4 nitrogen and oxygen atoms in total. The molecule has 1 N–H and O–H groups in total. The Balaban J connectivity index is 0.00000128. The maximum Gasteiger partial charge on any atom is 0.255 e. The zero-order chi connectivity index (χ0) is 10.7. The topological polar surface area (TPSA) is 45.2 Å². The number of nitrogens with zero attached hydrogens (tertiary/aromatic N) is 2. The van der Waals surface area contributed by atoms with Crippen molar-refractivity contribution in [3.8, 4) is 0 Å². The summed E-state index contributed by atoms with van der Waals surface area (Å²) < 4.78 is 0. The third-order valence-electron chi connectivity index (χ3n) is 2.67. The highest BCUT2D eigenvalue weighted by atomic mass is 35.5. The molecule has 0 spiro atoms. The molecule has 2 heterocycles. The Kier molecular flexibility index (Phi) is 7.11. The summed E-state index contributed by atoms with van der Waals surface area (Å²) in [5.74, 6) is 0.0992. The summed E-state index contributed by atoms with van der Waals surface area (Å²) in [5, 5.41) is 3.23. The Labute approximate surface area is 114 Å². The molecule has 2 rings (SSSR count). The van der Waals surface area contributed by atoms with Crippen molar-refractivity contribution < 1.29 is 4.79 Å². The van der Waals surface area contributed by atoms with Crippen LogP contribution < -0.4 is 5.32 Å². The van der Waals surface area contributed by atoms with Crippen LogP contribution in [0.15, 0.2) is 18.5 Å². The highest BCUT2D eigenvalue weighted by Crippen LogP contribution is 2.09. The second-order valence-electron chi connectivity index (χ2n) is 3.73. The van der Waals surface area contributed by atoms with Gasteiger partial charge in [0.25, 0.3) is 5.91 Å². The van der Waals surface area contributed by atoms with Gasteiger partial charge in [-0.1, -0.05) is 0 Å². The predicted molar refractivity (Wildman–Crippen MR) is 72.2 cm³/mol. The zero-order valence-electron chi connectivity index (χ0n) is 9.68. The van der Waals surface area contributed by atoms with Crippen LogP contribution in [-0.2, 0) is 0 Å². The van der Waals surface area contributed by atoms with E-state index >= 15 is 0 Å². The number of amides is 1. The molecular weight excluding hydrogens is 261 g/mol. The first-order chi connectivity index (χ1) is 7.29. The lowest BCUT2D eigenvalue weighted by Gasteiger charge is -2.27. The Bertz CT molecular complexity index is 367. The summed E-state index contributed by atoms with van der Waals surface area (Å²) in [5.41, 5.74) is 1.72. The summed E-state index contributed by atoms with van der Waals surface area (Å²) in [4.78, 5) is 18.0. The van der Waals surface area contributed by atoms with Gasteiger partial charge in [-0.25, -0.2) is 0 Å². The number of aromatic nitrogens is 1. The molecule has 0 aliphatic carbocycles. The molecule has 0 aromatic carbocycles. The predicted octanol–water partition coefficient (Wildman–Crippen LogP) is 1.28. The molecule has 96 valence electrons. The van der Waals surface area contributed by atoms with Gasteiger partial charge in [0.15, 0.2) is 0 Å². The maximum absolute atomic E-state index is 12.1. The SMILES string of the molecule is Cc1ccncc1C(=O)N1CCNCC1.Cl.Cl. The van der Waals surface area contributed by atoms with Gasteiger partial charge in [0.1, 0.15) is 0 Å². The summed E-state index contributed by atoms with van der Waals surface area (Å²) in [6, 6.07) is 1.87. The molecule has 6 heteroatoms. The van der Waals surface area contributed by atoms with Crippen LogP contribution in [0.1, 0.15) is 15.9 Å². The monoisotopic (exact) mass is 277 g/mol. The van der Waals surface area contributed by atoms with Crippen LogP contribution in [0, 0.1) is 6.92 Å². The van der Waals surface area contributed by atoms with Crippen LogP contribution in [0.5, 0.6) is 0 Å². The van der Waals surface area contributed by atoms with E-state index in [2.05, 4.69) is 10.3 Å². The van der Waals surface area contributed by atoms with Crippen molar-refractivity contribution in [3.63, 3.8) is 0 Å². The minimum atomic E-state index is 0. The zero-order valence-corrected chi connectivity index (χ0v) is 11.3. The number of carbonyl (C=O) groups excluding carboxylic acids is 1. The third kappa shape index (κ3) is 3.84. The number of piperazine rings is 1. The molecule has 1 aromatic rings. The fourth-order valence-electron chi connectivity index (χ4n) is 1.73. The Hall–Kier alpha value is -0.840. The van der Waals surface area contributed by atoms with Gasteiger partial charge in [-0.2, -0.15) is 0 Å². The number of carbonyl (C=O) groups is 1. The first-order valence-electron chi connectivity index (χ1n) is 5.19. The minimum absolute atomic E-state index is 0. The van der Waals surface area contributed by atoms with Gasteiger partial charge in [0.05, 0.1) is 5.56 Å². The molecule has 1 saturated heterocycles. The van der Waals surface area contributed by atoms with Crippen molar-refractivity contribution in [1.29, 1.82) is 0 Å². The van der Waals surface area contributed by atoms with Crippen LogP contribution in [0.25, 0.3) is 0 Å². The molecular formula is C11H17Cl2N3O. The molecule has 1 aliphatic rings. The van der Waals surface area contributed by atoms with Crippen molar-refractivity contribution in [2.24, 2.45) is 0 Å². The van der Waals surface area contributed by atoms with Gasteiger partial charge < -0.3 is 10.2 Å². The molecule has 0 radical (unpaired) electrons. The fraction of sp³-hybridized carbons (Fsp3) is 0.455. The highest BCUT2D eigenvalue weighted by Gasteiger charge is 2.19. The summed E-state index contributed by atoms with van der Waals surface area (Å²) in [6.07, 6.45) is 3.36. The first kappa shape index (κ1) is 16.2. The Morgan fingerprint density at radius 3 is 2.59 bits per heavy atom. The molecule has 1 aliphatic heterocycles. The number of aryl methyl sites for hydroxylation is 1. The molecule has 0 saturated carbocycles. The number of nitrogens with one attached hydrogen (secondary N) is 1. The van der Waals surface area contributed by atoms with E-state index < -0.39 is 0 Å². The lowest BCUT2D eigenvalue weighted by atomic mass is 10.1. The van der Waals surface area contributed by atoms with Gasteiger partial charge in [-0.3, -0.25) is 9.78 Å². The number of rotatable bonds is 1. The van der Waals surface area contributed by atoms with Crippen molar-refractivity contribution >= 4 is 30.7 Å². The quantitative estimate of drug-likeness (QED) is 0.841. The summed E-state index contributed by atoms with van der Waals surface area (Å²) in [7, 11) is 0. The molecule has 0 bridgehead atoms. The standard InChI is InChI=1S/C11H15N3O.2ClH/c1-9-2-3-13-8-10(9)11(15)14-6-4-12-5-7-14;;/h2-3,8,12H,4-7H2,1H3;2*1H. The minimum Gasteiger partial charge on any atom is -0.336 e. The van der Waals surface area contributed by atoms with Crippen LogP contribution in [0.4, 0.5) is 0 Å². The molecule has 0 atom stereocenters. The lowest BCUT2D eigenvalue weighted by Crippen LogP contribution is -2.46. The van der Waals surface area contributed by atoms with E-state index in [-0.39, 0.29) is 30.7 Å². The van der Waals surface area contributed by atoms with Crippen molar-refractivity contribution in [2.75, 3.05) is 26.2 Å². The van der Waals surface area contributed by atoms with E-state index in [1.54, 1.807) is 12.4 Å². The second-order valence-corrected chi connectivity index (χ2v) is 3.73. The van der Waals surface area contributed by atoms with Gasteiger partial charge in [-0.05, 0) is 18.6 Å². The van der Waals surface area contributed by atoms with E-state index in [1.807, 2.05) is 17.9 Å². The highest BCUT2D eigenvalue weighted by molar-refractivity contribution is 5.95. The Morgan fingerprint density at radius 1 is 1.35 bits per heavy atom. The van der Waals surface area contributed by atoms with E-state index in [9.17, 15) is 4.79 Å². The normalized spacial score (nSPS) is 14.5. The first-order valence-corrected chi connectivity index (χ1v) is 5.19. The van der Waals surface area contributed by atoms with Crippen molar-refractivity contribution in [1.82, 2.24) is 15.2 Å². The van der Waals surface area contributed by atoms with Crippen molar-refractivity contribution in [2.45, 2.75) is 6.92 Å². The largest absolute Gasteiger partial charge is 0.336 e. The van der Waals surface area contributed by atoms with Gasteiger partial charge >= 0.3 is 0 Å². The third-order valence-corrected chi connectivity index (χ3v) is 2.67. The number of pyridine rings is 1. The maximum atomic E-state index is 12.1. The van der Waals surface area contributed by atoms with Gasteiger partial charge in [-0.15, -0.1) is 24.8 Å². The number of halogens is 2. The fourth-order valence-corrected chi connectivity index (χ4v) is 1.73.